The lowest BCUT2D eigenvalue weighted by molar-refractivity contribution is 0.0970. The summed E-state index contributed by atoms with van der Waals surface area (Å²) in [6.45, 7) is 0. The van der Waals surface area contributed by atoms with Gasteiger partial charge in [0.25, 0.3) is 0 Å². The number of ketones is 1. The van der Waals surface area contributed by atoms with E-state index in [1.54, 1.807) is 36.4 Å². The van der Waals surface area contributed by atoms with Gasteiger partial charge in [0.05, 0.1) is 12.1 Å². The molecular weight excluding hydrogens is 279 g/mol. The molecule has 0 aliphatic heterocycles. The van der Waals surface area contributed by atoms with Gasteiger partial charge in [-0.25, -0.2) is 4.39 Å². The number of benzene rings is 2. The molecule has 0 saturated carbocycles. The molecule has 0 N–H and O–H groups in total. The average molecular weight is 292 g/mol. The third-order valence-electron chi connectivity index (χ3n) is 3.49. The fourth-order valence-electron chi connectivity index (χ4n) is 2.33. The minimum absolute atomic E-state index is 0.0866. The van der Waals surface area contributed by atoms with E-state index in [1.807, 2.05) is 12.1 Å². The maximum atomic E-state index is 14.0. The van der Waals surface area contributed by atoms with Crippen molar-refractivity contribution >= 4 is 5.78 Å². The summed E-state index contributed by atoms with van der Waals surface area (Å²) in [6.07, 6.45) is -0.0866. The van der Waals surface area contributed by atoms with Gasteiger partial charge in [-0.05, 0) is 11.6 Å². The predicted octanol–water partition coefficient (Wildman–Crippen LogP) is 3.85. The monoisotopic (exact) mass is 292 g/mol. The standard InChI is InChI=1S/C18H13FN2O/c19-17-9-5-4-8-15(17)16(14(11-20)12-21)10-18(22)13-6-2-1-3-7-13/h1-9,14,16H,10H2. The summed E-state index contributed by atoms with van der Waals surface area (Å²) >= 11 is 0. The number of carbonyl (C=O) groups is 1. The Bertz CT molecular complexity index is 730. The lowest BCUT2D eigenvalue weighted by Gasteiger charge is -2.18. The summed E-state index contributed by atoms with van der Waals surface area (Å²) in [5, 5.41) is 18.3. The highest BCUT2D eigenvalue weighted by Crippen LogP contribution is 2.31. The SMILES string of the molecule is N#CC(C#N)C(CC(=O)c1ccccc1)c1ccccc1F. The summed E-state index contributed by atoms with van der Waals surface area (Å²) in [7, 11) is 0. The van der Waals surface area contributed by atoms with Crippen LogP contribution in [0.1, 0.15) is 28.3 Å². The Balaban J connectivity index is 2.35. The Hall–Kier alpha value is -2.98. The van der Waals surface area contributed by atoms with Crippen LogP contribution >= 0.6 is 0 Å². The van der Waals surface area contributed by atoms with Crippen molar-refractivity contribution in [2.75, 3.05) is 0 Å². The van der Waals surface area contributed by atoms with Gasteiger partial charge in [-0.15, -0.1) is 0 Å². The number of hydrogen-bond donors (Lipinski definition) is 0. The molecule has 0 amide bonds. The van der Waals surface area contributed by atoms with Crippen LogP contribution in [0.2, 0.25) is 0 Å². The first-order chi connectivity index (χ1) is 10.7. The second kappa shape index (κ2) is 7.15. The summed E-state index contributed by atoms with van der Waals surface area (Å²) in [5.74, 6) is -2.60. The fourth-order valence-corrected chi connectivity index (χ4v) is 2.33. The Morgan fingerprint density at radius 1 is 1.00 bits per heavy atom. The van der Waals surface area contributed by atoms with Crippen LogP contribution in [0, 0.1) is 34.4 Å². The van der Waals surface area contributed by atoms with E-state index in [2.05, 4.69) is 0 Å². The highest BCUT2D eigenvalue weighted by Gasteiger charge is 2.28. The van der Waals surface area contributed by atoms with Gasteiger partial charge in [0.15, 0.2) is 5.78 Å². The summed E-state index contributed by atoms with van der Waals surface area (Å²) in [6, 6.07) is 18.2. The summed E-state index contributed by atoms with van der Waals surface area (Å²) in [5.41, 5.74) is 0.707. The zero-order valence-electron chi connectivity index (χ0n) is 11.7. The van der Waals surface area contributed by atoms with Gasteiger partial charge in [0.2, 0.25) is 0 Å². The van der Waals surface area contributed by atoms with Crippen molar-refractivity contribution in [1.82, 2.24) is 0 Å². The molecule has 2 aromatic carbocycles. The molecule has 2 rings (SSSR count). The van der Waals surface area contributed by atoms with E-state index in [0.29, 0.717) is 5.56 Å². The maximum Gasteiger partial charge on any atom is 0.163 e. The van der Waals surface area contributed by atoms with E-state index in [9.17, 15) is 9.18 Å². The lowest BCUT2D eigenvalue weighted by atomic mass is 9.82. The van der Waals surface area contributed by atoms with E-state index >= 15 is 0 Å². The minimum Gasteiger partial charge on any atom is -0.294 e. The zero-order valence-corrected chi connectivity index (χ0v) is 11.7. The first-order valence-electron chi connectivity index (χ1n) is 6.79. The molecule has 0 fully saturated rings. The Morgan fingerprint density at radius 2 is 1.59 bits per heavy atom. The molecule has 22 heavy (non-hydrogen) atoms. The van der Waals surface area contributed by atoms with Crippen LogP contribution in [0.25, 0.3) is 0 Å². The Labute approximate surface area is 128 Å². The number of carbonyl (C=O) groups excluding carboxylic acids is 1. The molecule has 3 nitrogen and oxygen atoms in total. The van der Waals surface area contributed by atoms with E-state index in [1.165, 1.54) is 18.2 Å². The molecule has 2 aromatic rings. The first-order valence-corrected chi connectivity index (χ1v) is 6.79. The number of nitriles is 2. The van der Waals surface area contributed by atoms with E-state index in [-0.39, 0.29) is 17.8 Å². The van der Waals surface area contributed by atoms with Gasteiger partial charge in [0.1, 0.15) is 11.7 Å². The van der Waals surface area contributed by atoms with Gasteiger partial charge in [-0.2, -0.15) is 10.5 Å². The third-order valence-corrected chi connectivity index (χ3v) is 3.49. The van der Waals surface area contributed by atoms with Crippen molar-refractivity contribution in [3.63, 3.8) is 0 Å². The van der Waals surface area contributed by atoms with Gasteiger partial charge < -0.3 is 0 Å². The molecule has 0 aliphatic carbocycles. The number of Topliss-reactive ketones (excluding diaryl/α,β-unsaturated/α-hetero) is 1. The van der Waals surface area contributed by atoms with Crippen molar-refractivity contribution in [3.8, 4) is 12.1 Å². The van der Waals surface area contributed by atoms with Gasteiger partial charge >= 0.3 is 0 Å². The molecule has 108 valence electrons. The molecule has 0 heterocycles. The molecule has 0 saturated heterocycles. The maximum absolute atomic E-state index is 14.0. The Kier molecular flexibility index (Phi) is 5.01. The lowest BCUT2D eigenvalue weighted by Crippen LogP contribution is -2.16. The zero-order chi connectivity index (χ0) is 15.9. The molecular formula is C18H13FN2O. The quantitative estimate of drug-likeness (QED) is 0.786. The van der Waals surface area contributed by atoms with Crippen LogP contribution in [-0.4, -0.2) is 5.78 Å². The highest BCUT2D eigenvalue weighted by molar-refractivity contribution is 5.96. The van der Waals surface area contributed by atoms with Crippen LogP contribution in [0.5, 0.6) is 0 Å². The molecule has 4 heteroatoms. The molecule has 0 spiro atoms. The molecule has 0 aromatic heterocycles. The van der Waals surface area contributed by atoms with Crippen LogP contribution in [0.4, 0.5) is 4.39 Å². The van der Waals surface area contributed by atoms with Crippen molar-refractivity contribution in [2.45, 2.75) is 12.3 Å². The van der Waals surface area contributed by atoms with Crippen LogP contribution < -0.4 is 0 Å². The van der Waals surface area contributed by atoms with Crippen LogP contribution in [0.15, 0.2) is 54.6 Å². The number of nitrogens with zero attached hydrogens (tertiary/aromatic N) is 2. The van der Waals surface area contributed by atoms with Crippen LogP contribution in [0.3, 0.4) is 0 Å². The van der Waals surface area contributed by atoms with Gasteiger partial charge in [-0.1, -0.05) is 48.5 Å². The molecule has 0 bridgehead atoms. The number of halogens is 1. The van der Waals surface area contributed by atoms with E-state index in [0.717, 1.165) is 0 Å². The Morgan fingerprint density at radius 3 is 2.18 bits per heavy atom. The molecule has 0 radical (unpaired) electrons. The fraction of sp³-hybridized carbons (Fsp3) is 0.167. The van der Waals surface area contributed by atoms with Crippen molar-refractivity contribution in [2.24, 2.45) is 5.92 Å². The second-order valence-corrected chi connectivity index (χ2v) is 4.86. The normalized spacial score (nSPS) is 11.5. The van der Waals surface area contributed by atoms with Crippen molar-refractivity contribution < 1.29 is 9.18 Å². The third kappa shape index (κ3) is 3.37. The summed E-state index contributed by atoms with van der Waals surface area (Å²) in [4.78, 5) is 12.3. The first kappa shape index (κ1) is 15.4. The smallest absolute Gasteiger partial charge is 0.163 e. The second-order valence-electron chi connectivity index (χ2n) is 4.86. The van der Waals surface area contributed by atoms with Gasteiger partial charge in [-0.3, -0.25) is 4.79 Å². The van der Waals surface area contributed by atoms with Crippen molar-refractivity contribution in [3.05, 3.63) is 71.5 Å². The average Bonchev–Trinajstić information content (AvgIpc) is 2.56. The number of rotatable bonds is 5. The van der Waals surface area contributed by atoms with Crippen molar-refractivity contribution in [1.29, 1.82) is 10.5 Å². The van der Waals surface area contributed by atoms with Crippen LogP contribution in [-0.2, 0) is 0 Å². The molecule has 1 atom stereocenters. The topological polar surface area (TPSA) is 64.7 Å². The minimum atomic E-state index is -1.08. The number of hydrogen-bond acceptors (Lipinski definition) is 3. The highest BCUT2D eigenvalue weighted by atomic mass is 19.1. The largest absolute Gasteiger partial charge is 0.294 e. The predicted molar refractivity (Wildman–Crippen MR) is 79.2 cm³/mol. The molecule has 0 aliphatic rings. The molecule has 1 unspecified atom stereocenters. The van der Waals surface area contributed by atoms with E-state index in [4.69, 9.17) is 10.5 Å². The van der Waals surface area contributed by atoms with E-state index < -0.39 is 17.7 Å². The van der Waals surface area contributed by atoms with Gasteiger partial charge in [0, 0.05) is 17.9 Å². The summed E-state index contributed by atoms with van der Waals surface area (Å²) < 4.78 is 14.0.